The lowest BCUT2D eigenvalue weighted by Gasteiger charge is -2.23. The van der Waals surface area contributed by atoms with Gasteiger partial charge in [-0.15, -0.1) is 0 Å². The lowest BCUT2D eigenvalue weighted by Crippen LogP contribution is -2.29. The monoisotopic (exact) mass is 349 g/mol. The highest BCUT2D eigenvalue weighted by Crippen LogP contribution is 2.29. The largest absolute Gasteiger partial charge is 0.424 e. The summed E-state index contributed by atoms with van der Waals surface area (Å²) in [5, 5.41) is 3.35. The molecule has 0 amide bonds. The number of benzene rings is 1. The van der Waals surface area contributed by atoms with E-state index in [0.717, 1.165) is 25.1 Å². The van der Waals surface area contributed by atoms with Gasteiger partial charge in [0.15, 0.2) is 0 Å². The maximum Gasteiger partial charge on any atom is 0.419 e. The van der Waals surface area contributed by atoms with Crippen LogP contribution in [0.15, 0.2) is 42.2 Å². The molecule has 4 nitrogen and oxygen atoms in total. The maximum atomic E-state index is 12.5. The average molecular weight is 349 g/mol. The van der Waals surface area contributed by atoms with E-state index in [2.05, 4.69) is 28.3 Å². The number of piperidine rings is 1. The van der Waals surface area contributed by atoms with E-state index in [4.69, 9.17) is 4.74 Å². The van der Waals surface area contributed by atoms with E-state index in [9.17, 15) is 13.2 Å². The van der Waals surface area contributed by atoms with Crippen LogP contribution in [0.4, 0.5) is 13.2 Å². The number of nitrogens with zero attached hydrogens (tertiary/aromatic N) is 2. The molecule has 1 aromatic heterocycles. The normalized spacial score (nSPS) is 19.8. The summed E-state index contributed by atoms with van der Waals surface area (Å²) in [7, 11) is 0. The second-order valence-electron chi connectivity index (χ2n) is 6.00. The first-order valence-corrected chi connectivity index (χ1v) is 8.00. The van der Waals surface area contributed by atoms with Gasteiger partial charge in [-0.05, 0) is 36.6 Å². The molecular formula is C18H18F3N3O. The number of ether oxygens (including phenoxy) is 1. The quantitative estimate of drug-likeness (QED) is 0.897. The number of aromatic nitrogens is 2. The van der Waals surface area contributed by atoms with Crippen LogP contribution < -0.4 is 10.1 Å². The molecule has 0 spiro atoms. The van der Waals surface area contributed by atoms with Crippen LogP contribution >= 0.6 is 0 Å². The summed E-state index contributed by atoms with van der Waals surface area (Å²) in [5.41, 5.74) is 1.44. The van der Waals surface area contributed by atoms with Gasteiger partial charge >= 0.3 is 12.2 Å². The third kappa shape index (κ3) is 4.57. The summed E-state index contributed by atoms with van der Waals surface area (Å²) in [6, 6.07) is 7.21. The van der Waals surface area contributed by atoms with E-state index in [1.54, 1.807) is 6.07 Å². The first-order chi connectivity index (χ1) is 11.9. The van der Waals surface area contributed by atoms with Crippen molar-refractivity contribution in [3.05, 3.63) is 53.4 Å². The summed E-state index contributed by atoms with van der Waals surface area (Å²) in [6.07, 6.45) is 0.0894. The van der Waals surface area contributed by atoms with Gasteiger partial charge < -0.3 is 10.1 Å². The highest BCUT2D eigenvalue weighted by Gasteiger charge is 2.31. The third-order valence-electron chi connectivity index (χ3n) is 4.05. The highest BCUT2D eigenvalue weighted by atomic mass is 19.4. The van der Waals surface area contributed by atoms with Crippen LogP contribution in [0.25, 0.3) is 6.08 Å². The van der Waals surface area contributed by atoms with Gasteiger partial charge in [-0.2, -0.15) is 13.2 Å². The number of alkyl halides is 3. The number of nitrogens with one attached hydrogen (secondary N) is 1. The molecule has 0 saturated carbocycles. The molecule has 1 aromatic carbocycles. The topological polar surface area (TPSA) is 47.0 Å². The van der Waals surface area contributed by atoms with Gasteiger partial charge in [0.2, 0.25) is 0 Å². The minimum absolute atomic E-state index is 0.118. The fraction of sp³-hybridized carbons (Fsp3) is 0.333. The summed E-state index contributed by atoms with van der Waals surface area (Å²) in [5.74, 6) is 0.951. The molecule has 1 unspecified atom stereocenters. The van der Waals surface area contributed by atoms with Gasteiger partial charge in [-0.1, -0.05) is 30.7 Å². The first-order valence-electron chi connectivity index (χ1n) is 8.00. The Morgan fingerprint density at radius 2 is 2.00 bits per heavy atom. The van der Waals surface area contributed by atoms with Crippen LogP contribution in [0.1, 0.15) is 24.5 Å². The molecule has 2 heterocycles. The Morgan fingerprint density at radius 1 is 1.24 bits per heavy atom. The van der Waals surface area contributed by atoms with Crippen LogP contribution in [0, 0.1) is 5.92 Å². The number of hydrogen-bond donors (Lipinski definition) is 1. The molecule has 1 fully saturated rings. The average Bonchev–Trinajstić information content (AvgIpc) is 2.57. The van der Waals surface area contributed by atoms with E-state index >= 15 is 0 Å². The molecule has 25 heavy (non-hydrogen) atoms. The molecule has 132 valence electrons. The van der Waals surface area contributed by atoms with Gasteiger partial charge in [-0.25, -0.2) is 9.97 Å². The fourth-order valence-corrected chi connectivity index (χ4v) is 2.65. The molecule has 3 rings (SSSR count). The van der Waals surface area contributed by atoms with Crippen molar-refractivity contribution >= 4 is 6.08 Å². The summed E-state index contributed by atoms with van der Waals surface area (Å²) >= 11 is 0. The molecule has 0 aliphatic carbocycles. The SMILES string of the molecule is CC1CNCC/C1=C\c1cccc(Oc2ncc(C(F)(F)F)cn2)c1. The molecule has 2 aromatic rings. The lowest BCUT2D eigenvalue weighted by molar-refractivity contribution is -0.138. The summed E-state index contributed by atoms with van der Waals surface area (Å²) in [6.45, 7) is 4.10. The molecule has 1 N–H and O–H groups in total. The number of hydrogen-bond acceptors (Lipinski definition) is 4. The fourth-order valence-electron chi connectivity index (χ4n) is 2.65. The zero-order valence-corrected chi connectivity index (χ0v) is 13.7. The number of halogens is 3. The molecule has 1 aliphatic rings. The predicted octanol–water partition coefficient (Wildman–Crippen LogP) is 4.30. The maximum absolute atomic E-state index is 12.5. The minimum atomic E-state index is -4.46. The molecule has 1 atom stereocenters. The van der Waals surface area contributed by atoms with Crippen LogP contribution in [0.5, 0.6) is 11.8 Å². The zero-order chi connectivity index (χ0) is 17.9. The van der Waals surface area contributed by atoms with E-state index in [0.29, 0.717) is 24.1 Å². The van der Waals surface area contributed by atoms with Gasteiger partial charge in [0.25, 0.3) is 0 Å². The highest BCUT2D eigenvalue weighted by molar-refractivity contribution is 5.55. The van der Waals surface area contributed by atoms with E-state index in [1.807, 2.05) is 18.2 Å². The van der Waals surface area contributed by atoms with Crippen molar-refractivity contribution in [3.8, 4) is 11.8 Å². The van der Waals surface area contributed by atoms with Gasteiger partial charge in [0.05, 0.1) is 5.56 Å². The molecular weight excluding hydrogens is 331 g/mol. The van der Waals surface area contributed by atoms with Crippen LogP contribution in [-0.2, 0) is 6.18 Å². The summed E-state index contributed by atoms with van der Waals surface area (Å²) in [4.78, 5) is 7.24. The second kappa shape index (κ2) is 7.23. The predicted molar refractivity (Wildman–Crippen MR) is 88.2 cm³/mol. The van der Waals surface area contributed by atoms with E-state index < -0.39 is 11.7 Å². The molecule has 7 heteroatoms. The lowest BCUT2D eigenvalue weighted by atomic mass is 9.93. The Labute approximate surface area is 143 Å². The molecule has 1 aliphatic heterocycles. The Balaban J connectivity index is 1.74. The second-order valence-corrected chi connectivity index (χ2v) is 6.00. The minimum Gasteiger partial charge on any atom is -0.424 e. The first kappa shape index (κ1) is 17.4. The van der Waals surface area contributed by atoms with Crippen molar-refractivity contribution in [2.45, 2.75) is 19.5 Å². The van der Waals surface area contributed by atoms with Crippen molar-refractivity contribution in [3.63, 3.8) is 0 Å². The van der Waals surface area contributed by atoms with Crippen LogP contribution in [-0.4, -0.2) is 23.1 Å². The Morgan fingerprint density at radius 3 is 2.68 bits per heavy atom. The molecule has 0 radical (unpaired) electrons. The van der Waals surface area contributed by atoms with Crippen LogP contribution in [0.3, 0.4) is 0 Å². The standard InChI is InChI=1S/C18H18F3N3O/c1-12-9-22-6-5-14(12)7-13-3-2-4-16(8-13)25-17-23-10-15(11-24-17)18(19,20)21/h2-4,7-8,10-12,22H,5-6,9H2,1H3/b14-7+. The van der Waals surface area contributed by atoms with Crippen molar-refractivity contribution < 1.29 is 17.9 Å². The smallest absolute Gasteiger partial charge is 0.419 e. The number of rotatable bonds is 3. The Kier molecular flexibility index (Phi) is 5.03. The van der Waals surface area contributed by atoms with Gasteiger partial charge in [0.1, 0.15) is 5.75 Å². The third-order valence-corrected chi connectivity index (χ3v) is 4.05. The van der Waals surface area contributed by atoms with Crippen molar-refractivity contribution in [1.29, 1.82) is 0 Å². The van der Waals surface area contributed by atoms with Gasteiger partial charge in [0, 0.05) is 18.9 Å². The van der Waals surface area contributed by atoms with Gasteiger partial charge in [-0.3, -0.25) is 0 Å². The van der Waals surface area contributed by atoms with Crippen LogP contribution in [0.2, 0.25) is 0 Å². The van der Waals surface area contributed by atoms with Crippen molar-refractivity contribution in [2.24, 2.45) is 5.92 Å². The van der Waals surface area contributed by atoms with Crippen molar-refractivity contribution in [1.82, 2.24) is 15.3 Å². The molecule has 1 saturated heterocycles. The van der Waals surface area contributed by atoms with E-state index in [-0.39, 0.29) is 6.01 Å². The Bertz CT molecular complexity index is 757. The van der Waals surface area contributed by atoms with Crippen molar-refractivity contribution in [2.75, 3.05) is 13.1 Å². The summed E-state index contributed by atoms with van der Waals surface area (Å²) < 4.78 is 43.0. The zero-order valence-electron chi connectivity index (χ0n) is 13.7. The van der Waals surface area contributed by atoms with E-state index in [1.165, 1.54) is 5.57 Å². The Hall–Kier alpha value is -2.41. The molecule has 0 bridgehead atoms.